The molecule has 0 atom stereocenters. The normalized spacial score (nSPS) is 10.3. The van der Waals surface area contributed by atoms with Gasteiger partial charge in [-0.25, -0.2) is 14.3 Å². The quantitative estimate of drug-likeness (QED) is 0.748. The van der Waals surface area contributed by atoms with Crippen LogP contribution < -0.4 is 10.9 Å². The van der Waals surface area contributed by atoms with Crippen molar-refractivity contribution in [2.45, 2.75) is 13.8 Å². The number of hydrogen-bond donors (Lipinski definition) is 1. The summed E-state index contributed by atoms with van der Waals surface area (Å²) in [5.74, 6) is -1.85. The van der Waals surface area contributed by atoms with E-state index in [2.05, 4.69) is 10.4 Å². The summed E-state index contributed by atoms with van der Waals surface area (Å²) in [6, 6.07) is 4.02. The van der Waals surface area contributed by atoms with Gasteiger partial charge in [0, 0.05) is 13.1 Å². The molecule has 2 heterocycles. The number of hydrogen-bond acceptors (Lipinski definition) is 8. The summed E-state index contributed by atoms with van der Waals surface area (Å²) in [4.78, 5) is 47.2. The van der Waals surface area contributed by atoms with Crippen molar-refractivity contribution in [2.24, 2.45) is 7.05 Å². The fraction of sp³-hybridized carbons (Fsp3) is 0.312. The molecule has 2 rings (SSSR count). The Morgan fingerprint density at radius 3 is 2.62 bits per heavy atom. The molecule has 0 bridgehead atoms. The standard InChI is InChI=1S/C16H17N3O6S/c1-4-24-16(23)14-9(2)7-12(26-14)17-11(20)8-25-15(22)10-5-6-13(21)19(3)18-10/h5-7H,4,8H2,1-3H3,(H,17,20). The monoisotopic (exact) mass is 379 g/mol. The second-order valence-electron chi connectivity index (χ2n) is 5.15. The second kappa shape index (κ2) is 8.39. The van der Waals surface area contributed by atoms with E-state index in [1.807, 2.05) is 0 Å². The average molecular weight is 379 g/mol. The molecule has 1 N–H and O–H groups in total. The Balaban J connectivity index is 1.93. The highest BCUT2D eigenvalue weighted by molar-refractivity contribution is 7.18. The Morgan fingerprint density at radius 2 is 1.96 bits per heavy atom. The molecule has 0 saturated heterocycles. The second-order valence-corrected chi connectivity index (χ2v) is 6.20. The molecule has 138 valence electrons. The maximum atomic E-state index is 11.9. The molecule has 10 heteroatoms. The number of nitrogens with one attached hydrogen (secondary N) is 1. The summed E-state index contributed by atoms with van der Waals surface area (Å²) in [5, 5.41) is 6.72. The zero-order valence-corrected chi connectivity index (χ0v) is 15.2. The molecule has 9 nitrogen and oxygen atoms in total. The SMILES string of the molecule is CCOC(=O)c1sc(NC(=O)COC(=O)c2ccc(=O)n(C)n2)cc1C. The average Bonchev–Trinajstić information content (AvgIpc) is 2.95. The lowest BCUT2D eigenvalue weighted by molar-refractivity contribution is -0.119. The number of rotatable bonds is 6. The van der Waals surface area contributed by atoms with Gasteiger partial charge in [0.25, 0.3) is 11.5 Å². The molecule has 0 fully saturated rings. The van der Waals surface area contributed by atoms with E-state index in [-0.39, 0.29) is 17.9 Å². The van der Waals surface area contributed by atoms with Gasteiger partial charge in [0.1, 0.15) is 4.88 Å². The van der Waals surface area contributed by atoms with E-state index in [0.29, 0.717) is 15.4 Å². The number of anilines is 1. The molecule has 0 unspecified atom stereocenters. The van der Waals surface area contributed by atoms with Crippen LogP contribution in [0.15, 0.2) is 23.0 Å². The van der Waals surface area contributed by atoms with Gasteiger partial charge in [0.15, 0.2) is 12.3 Å². The van der Waals surface area contributed by atoms with Crippen molar-refractivity contribution in [2.75, 3.05) is 18.5 Å². The van der Waals surface area contributed by atoms with Gasteiger partial charge in [-0.2, -0.15) is 5.10 Å². The smallest absolute Gasteiger partial charge is 0.359 e. The third-order valence-electron chi connectivity index (χ3n) is 3.15. The first-order valence-electron chi connectivity index (χ1n) is 7.60. The van der Waals surface area contributed by atoms with Crippen molar-refractivity contribution < 1.29 is 23.9 Å². The summed E-state index contributed by atoms with van der Waals surface area (Å²) in [7, 11) is 1.39. The summed E-state index contributed by atoms with van der Waals surface area (Å²) in [5.41, 5.74) is 0.219. The number of aryl methyl sites for hydroxylation is 2. The van der Waals surface area contributed by atoms with E-state index in [0.717, 1.165) is 16.0 Å². The third-order valence-corrected chi connectivity index (χ3v) is 4.28. The molecule has 0 spiro atoms. The maximum absolute atomic E-state index is 11.9. The van der Waals surface area contributed by atoms with E-state index in [1.165, 1.54) is 19.2 Å². The molecule has 1 amide bonds. The topological polar surface area (TPSA) is 117 Å². The van der Waals surface area contributed by atoms with Gasteiger partial charge in [-0.05, 0) is 31.5 Å². The Morgan fingerprint density at radius 1 is 1.23 bits per heavy atom. The van der Waals surface area contributed by atoms with Crippen LogP contribution in [0, 0.1) is 6.92 Å². The first kappa shape index (κ1) is 19.3. The van der Waals surface area contributed by atoms with Gasteiger partial charge in [-0.15, -0.1) is 11.3 Å². The molecule has 0 aromatic carbocycles. The van der Waals surface area contributed by atoms with Crippen molar-refractivity contribution >= 4 is 34.2 Å². The minimum absolute atomic E-state index is 0.0866. The molecule has 26 heavy (non-hydrogen) atoms. The number of esters is 2. The summed E-state index contributed by atoms with van der Waals surface area (Å²) in [6.45, 7) is 3.16. The van der Waals surface area contributed by atoms with Gasteiger partial charge in [-0.1, -0.05) is 0 Å². The van der Waals surface area contributed by atoms with E-state index < -0.39 is 24.5 Å². The minimum atomic E-state index is -0.828. The molecular formula is C16H17N3O6S. The molecule has 2 aromatic rings. The molecule has 0 saturated carbocycles. The van der Waals surface area contributed by atoms with Gasteiger partial charge in [0.05, 0.1) is 11.6 Å². The van der Waals surface area contributed by atoms with Crippen LogP contribution in [-0.2, 0) is 21.3 Å². The van der Waals surface area contributed by atoms with E-state index in [1.54, 1.807) is 19.9 Å². The van der Waals surface area contributed by atoms with Crippen LogP contribution in [0.3, 0.4) is 0 Å². The Hall–Kier alpha value is -3.01. The number of nitrogens with zero attached hydrogens (tertiary/aromatic N) is 2. The van der Waals surface area contributed by atoms with Crippen LogP contribution in [0.2, 0.25) is 0 Å². The molecule has 0 aliphatic carbocycles. The molecule has 0 radical (unpaired) electrons. The number of aromatic nitrogens is 2. The van der Waals surface area contributed by atoms with Gasteiger partial charge >= 0.3 is 11.9 Å². The van der Waals surface area contributed by atoms with Crippen molar-refractivity contribution in [3.05, 3.63) is 44.7 Å². The number of carbonyl (C=O) groups excluding carboxylic acids is 3. The summed E-state index contributed by atoms with van der Waals surface area (Å²) >= 11 is 1.07. The van der Waals surface area contributed by atoms with Crippen LogP contribution >= 0.6 is 11.3 Å². The molecule has 0 aliphatic rings. The first-order chi connectivity index (χ1) is 12.3. The Kier molecular flexibility index (Phi) is 6.23. The van der Waals surface area contributed by atoms with E-state index >= 15 is 0 Å². The number of ether oxygens (including phenoxy) is 2. The zero-order chi connectivity index (χ0) is 19.3. The Bertz CT molecular complexity index is 902. The van der Waals surface area contributed by atoms with Crippen molar-refractivity contribution in [3.8, 4) is 0 Å². The van der Waals surface area contributed by atoms with Crippen LogP contribution in [-0.4, -0.2) is 40.8 Å². The van der Waals surface area contributed by atoms with Crippen molar-refractivity contribution in [1.29, 1.82) is 0 Å². The van der Waals surface area contributed by atoms with Crippen LogP contribution in [0.4, 0.5) is 5.00 Å². The first-order valence-corrected chi connectivity index (χ1v) is 8.42. The highest BCUT2D eigenvalue weighted by Crippen LogP contribution is 2.27. The number of amides is 1. The minimum Gasteiger partial charge on any atom is -0.462 e. The predicted molar refractivity (Wildman–Crippen MR) is 93.4 cm³/mol. The van der Waals surface area contributed by atoms with Gasteiger partial charge < -0.3 is 14.8 Å². The van der Waals surface area contributed by atoms with Gasteiger partial charge in [-0.3, -0.25) is 9.59 Å². The zero-order valence-electron chi connectivity index (χ0n) is 14.4. The fourth-order valence-corrected chi connectivity index (χ4v) is 2.92. The predicted octanol–water partition coefficient (Wildman–Crippen LogP) is 1.12. The van der Waals surface area contributed by atoms with Crippen LogP contribution in [0.5, 0.6) is 0 Å². The number of thiophene rings is 1. The summed E-state index contributed by atoms with van der Waals surface area (Å²) in [6.07, 6.45) is 0. The molecule has 2 aromatic heterocycles. The highest BCUT2D eigenvalue weighted by atomic mass is 32.1. The van der Waals surface area contributed by atoms with Crippen LogP contribution in [0.25, 0.3) is 0 Å². The summed E-state index contributed by atoms with van der Waals surface area (Å²) < 4.78 is 10.8. The lowest BCUT2D eigenvalue weighted by Gasteiger charge is -2.05. The highest BCUT2D eigenvalue weighted by Gasteiger charge is 2.17. The Labute approximate surface area is 152 Å². The lowest BCUT2D eigenvalue weighted by atomic mass is 10.3. The largest absolute Gasteiger partial charge is 0.462 e. The third kappa shape index (κ3) is 4.76. The van der Waals surface area contributed by atoms with Gasteiger partial charge in [0.2, 0.25) is 0 Å². The number of carbonyl (C=O) groups is 3. The van der Waals surface area contributed by atoms with E-state index in [4.69, 9.17) is 9.47 Å². The lowest BCUT2D eigenvalue weighted by Crippen LogP contribution is -2.24. The van der Waals surface area contributed by atoms with Crippen LogP contribution in [0.1, 0.15) is 32.6 Å². The fourth-order valence-electron chi connectivity index (χ4n) is 1.93. The van der Waals surface area contributed by atoms with E-state index in [9.17, 15) is 19.2 Å². The molecular weight excluding hydrogens is 362 g/mol. The van der Waals surface area contributed by atoms with Crippen molar-refractivity contribution in [1.82, 2.24) is 9.78 Å². The maximum Gasteiger partial charge on any atom is 0.359 e. The molecule has 0 aliphatic heterocycles. The van der Waals surface area contributed by atoms with Crippen molar-refractivity contribution in [3.63, 3.8) is 0 Å².